The summed E-state index contributed by atoms with van der Waals surface area (Å²) < 4.78 is 10.5. The number of nitrogens with zero attached hydrogens (tertiary/aromatic N) is 1. The number of carboxylic acids is 1. The number of hydrogen-bond acceptors (Lipinski definition) is 6. The number of nitrogens with one attached hydrogen (secondary N) is 1. The van der Waals surface area contributed by atoms with Gasteiger partial charge >= 0.3 is 5.97 Å². The van der Waals surface area contributed by atoms with E-state index in [0.717, 1.165) is 11.4 Å². The summed E-state index contributed by atoms with van der Waals surface area (Å²) in [6.07, 6.45) is 0.493. The van der Waals surface area contributed by atoms with Crippen molar-refractivity contribution >= 4 is 23.2 Å². The SMILES string of the molecule is CCc1nc(C)c(C(=O)NC(CC(=O)O)c2ccc(OC)c(OC)c2)s1. The van der Waals surface area contributed by atoms with E-state index in [9.17, 15) is 14.7 Å². The number of carbonyl (C=O) groups is 2. The largest absolute Gasteiger partial charge is 0.493 e. The molecule has 2 rings (SSSR count). The second-order valence-corrected chi connectivity index (χ2v) is 6.70. The van der Waals surface area contributed by atoms with Crippen molar-refractivity contribution in [1.29, 1.82) is 0 Å². The molecule has 1 aromatic carbocycles. The van der Waals surface area contributed by atoms with Crippen molar-refractivity contribution < 1.29 is 24.2 Å². The average molecular weight is 378 g/mol. The number of ether oxygens (including phenoxy) is 2. The van der Waals surface area contributed by atoms with Crippen LogP contribution in [0, 0.1) is 6.92 Å². The summed E-state index contributed by atoms with van der Waals surface area (Å²) in [7, 11) is 3.02. The van der Waals surface area contributed by atoms with E-state index in [1.54, 1.807) is 25.1 Å². The van der Waals surface area contributed by atoms with E-state index >= 15 is 0 Å². The van der Waals surface area contributed by atoms with Crippen molar-refractivity contribution in [2.75, 3.05) is 14.2 Å². The quantitative estimate of drug-likeness (QED) is 0.733. The van der Waals surface area contributed by atoms with Gasteiger partial charge in [0.15, 0.2) is 11.5 Å². The Kier molecular flexibility index (Phi) is 6.57. The molecule has 1 heterocycles. The summed E-state index contributed by atoms with van der Waals surface area (Å²) in [5.41, 5.74) is 1.27. The van der Waals surface area contributed by atoms with Crippen LogP contribution in [0.25, 0.3) is 0 Å². The Labute approximate surface area is 156 Å². The molecule has 1 unspecified atom stereocenters. The number of aliphatic carboxylic acids is 1. The zero-order valence-corrected chi connectivity index (χ0v) is 16.0. The minimum absolute atomic E-state index is 0.250. The van der Waals surface area contributed by atoms with Crippen LogP contribution in [0.3, 0.4) is 0 Å². The highest BCUT2D eigenvalue weighted by Crippen LogP contribution is 2.31. The lowest BCUT2D eigenvalue weighted by molar-refractivity contribution is -0.137. The zero-order chi connectivity index (χ0) is 19.3. The first-order valence-electron chi connectivity index (χ1n) is 8.10. The lowest BCUT2D eigenvalue weighted by atomic mass is 10.0. The number of methoxy groups -OCH3 is 2. The maximum atomic E-state index is 12.6. The maximum Gasteiger partial charge on any atom is 0.305 e. The number of aromatic nitrogens is 1. The third kappa shape index (κ3) is 4.51. The Morgan fingerprint density at radius 3 is 2.50 bits per heavy atom. The van der Waals surface area contributed by atoms with Crippen LogP contribution < -0.4 is 14.8 Å². The first kappa shape index (κ1) is 19.7. The van der Waals surface area contributed by atoms with Gasteiger partial charge in [-0.05, 0) is 31.0 Å². The van der Waals surface area contributed by atoms with Crippen LogP contribution in [0.2, 0.25) is 0 Å². The van der Waals surface area contributed by atoms with Crippen LogP contribution in [0.4, 0.5) is 0 Å². The van der Waals surface area contributed by atoms with Gasteiger partial charge in [-0.25, -0.2) is 4.98 Å². The van der Waals surface area contributed by atoms with E-state index in [4.69, 9.17) is 9.47 Å². The third-order valence-electron chi connectivity index (χ3n) is 3.84. The Balaban J connectivity index is 2.31. The van der Waals surface area contributed by atoms with Crippen LogP contribution >= 0.6 is 11.3 Å². The van der Waals surface area contributed by atoms with Crippen molar-refractivity contribution in [3.63, 3.8) is 0 Å². The Morgan fingerprint density at radius 1 is 1.27 bits per heavy atom. The Morgan fingerprint density at radius 2 is 1.96 bits per heavy atom. The fourth-order valence-corrected chi connectivity index (χ4v) is 3.44. The smallest absolute Gasteiger partial charge is 0.305 e. The summed E-state index contributed by atoms with van der Waals surface area (Å²) in [5, 5.41) is 12.9. The van der Waals surface area contributed by atoms with Gasteiger partial charge in [-0.3, -0.25) is 9.59 Å². The molecule has 0 radical (unpaired) electrons. The van der Waals surface area contributed by atoms with Gasteiger partial charge in [-0.15, -0.1) is 11.3 Å². The molecule has 2 aromatic rings. The molecular weight excluding hydrogens is 356 g/mol. The molecule has 0 saturated carbocycles. The highest BCUT2D eigenvalue weighted by molar-refractivity contribution is 7.13. The molecule has 140 valence electrons. The lowest BCUT2D eigenvalue weighted by Crippen LogP contribution is -2.30. The number of rotatable bonds is 8. The van der Waals surface area contributed by atoms with Gasteiger partial charge in [0.2, 0.25) is 0 Å². The molecule has 0 aliphatic carbocycles. The molecular formula is C18H22N2O5S. The normalized spacial score (nSPS) is 11.7. The van der Waals surface area contributed by atoms with Crippen molar-refractivity contribution in [2.45, 2.75) is 32.7 Å². The summed E-state index contributed by atoms with van der Waals surface area (Å²) >= 11 is 1.32. The number of hydrogen-bond donors (Lipinski definition) is 2. The molecule has 0 fully saturated rings. The first-order chi connectivity index (χ1) is 12.4. The molecule has 0 spiro atoms. The lowest BCUT2D eigenvalue weighted by Gasteiger charge is -2.19. The monoisotopic (exact) mass is 378 g/mol. The van der Waals surface area contributed by atoms with Gasteiger partial charge in [0, 0.05) is 0 Å². The minimum Gasteiger partial charge on any atom is -0.493 e. The predicted octanol–water partition coefficient (Wildman–Crippen LogP) is 2.98. The molecule has 0 bridgehead atoms. The predicted molar refractivity (Wildman–Crippen MR) is 98.2 cm³/mol. The van der Waals surface area contributed by atoms with Gasteiger partial charge < -0.3 is 19.9 Å². The average Bonchev–Trinajstić information content (AvgIpc) is 3.01. The number of benzene rings is 1. The number of carbonyl (C=O) groups excluding carboxylic acids is 1. The standard InChI is InChI=1S/C18H22N2O5S/c1-5-15-19-10(2)17(26-15)18(23)20-12(9-16(21)22)11-6-7-13(24-3)14(8-11)25-4/h6-8,12H,5,9H2,1-4H3,(H,20,23)(H,21,22). The van der Waals surface area contributed by atoms with Crippen LogP contribution in [0.1, 0.15) is 45.3 Å². The highest BCUT2D eigenvalue weighted by atomic mass is 32.1. The van der Waals surface area contributed by atoms with Crippen molar-refractivity contribution in [1.82, 2.24) is 10.3 Å². The number of carboxylic acid groups (broad SMARTS) is 1. The topological polar surface area (TPSA) is 97.8 Å². The van der Waals surface area contributed by atoms with E-state index < -0.39 is 12.0 Å². The van der Waals surface area contributed by atoms with Gasteiger partial charge in [0.05, 0.1) is 37.4 Å². The minimum atomic E-state index is -1.01. The maximum absolute atomic E-state index is 12.6. The Bertz CT molecular complexity index is 803. The molecule has 7 nitrogen and oxygen atoms in total. The molecule has 26 heavy (non-hydrogen) atoms. The second kappa shape index (κ2) is 8.66. The summed E-state index contributed by atoms with van der Waals surface area (Å²) in [5.74, 6) is -0.347. The van der Waals surface area contributed by atoms with Crippen LogP contribution in [0.5, 0.6) is 11.5 Å². The molecule has 1 atom stereocenters. The van der Waals surface area contributed by atoms with E-state index in [1.165, 1.54) is 25.6 Å². The third-order valence-corrected chi connectivity index (χ3v) is 5.14. The number of aryl methyl sites for hydroxylation is 2. The van der Waals surface area contributed by atoms with Crippen LogP contribution in [-0.4, -0.2) is 36.2 Å². The van der Waals surface area contributed by atoms with Crippen LogP contribution in [0.15, 0.2) is 18.2 Å². The van der Waals surface area contributed by atoms with Gasteiger partial charge in [0.25, 0.3) is 5.91 Å². The number of thiazole rings is 1. The number of amides is 1. The van der Waals surface area contributed by atoms with Gasteiger partial charge in [-0.2, -0.15) is 0 Å². The summed E-state index contributed by atoms with van der Waals surface area (Å²) in [4.78, 5) is 28.8. The van der Waals surface area contributed by atoms with Gasteiger partial charge in [0.1, 0.15) is 4.88 Å². The fourth-order valence-electron chi connectivity index (χ4n) is 2.53. The van der Waals surface area contributed by atoms with Crippen molar-refractivity contribution in [3.05, 3.63) is 39.3 Å². The van der Waals surface area contributed by atoms with Crippen molar-refractivity contribution in [2.24, 2.45) is 0 Å². The summed E-state index contributed by atoms with van der Waals surface area (Å²) in [6, 6.07) is 4.37. The van der Waals surface area contributed by atoms with Gasteiger partial charge in [-0.1, -0.05) is 13.0 Å². The molecule has 0 aliphatic rings. The fraction of sp³-hybridized carbons (Fsp3) is 0.389. The van der Waals surface area contributed by atoms with Crippen LogP contribution in [-0.2, 0) is 11.2 Å². The van der Waals surface area contributed by atoms with E-state index in [2.05, 4.69) is 10.3 Å². The van der Waals surface area contributed by atoms with E-state index in [1.807, 2.05) is 6.92 Å². The molecule has 8 heteroatoms. The first-order valence-corrected chi connectivity index (χ1v) is 8.92. The van der Waals surface area contributed by atoms with E-state index in [-0.39, 0.29) is 12.3 Å². The highest BCUT2D eigenvalue weighted by Gasteiger charge is 2.23. The van der Waals surface area contributed by atoms with E-state index in [0.29, 0.717) is 27.6 Å². The molecule has 2 N–H and O–H groups in total. The zero-order valence-electron chi connectivity index (χ0n) is 15.2. The summed E-state index contributed by atoms with van der Waals surface area (Å²) in [6.45, 7) is 3.74. The Hall–Kier alpha value is -2.61. The van der Waals surface area contributed by atoms with Crippen molar-refractivity contribution in [3.8, 4) is 11.5 Å². The second-order valence-electron chi connectivity index (χ2n) is 5.61. The molecule has 1 amide bonds. The molecule has 1 aromatic heterocycles. The molecule has 0 aliphatic heterocycles. The molecule has 0 saturated heterocycles.